The Hall–Kier alpha value is -1.95. The van der Waals surface area contributed by atoms with E-state index < -0.39 is 11.0 Å². The van der Waals surface area contributed by atoms with Gasteiger partial charge < -0.3 is 10.1 Å². The molecule has 0 aliphatic carbocycles. The number of nitro benzene ring substituents is 1. The molecule has 6 nitrogen and oxygen atoms in total. The Labute approximate surface area is 84.7 Å². The lowest BCUT2D eigenvalue weighted by Crippen LogP contribution is -1.92. The molecule has 0 saturated carbocycles. The summed E-state index contributed by atoms with van der Waals surface area (Å²) >= 11 is 0. The van der Waals surface area contributed by atoms with Gasteiger partial charge in [0.05, 0.1) is 16.0 Å². The zero-order valence-electron chi connectivity index (χ0n) is 7.97. The summed E-state index contributed by atoms with van der Waals surface area (Å²) in [6, 6.07) is 4.33. The number of nitrogens with zero attached hydrogens (tertiary/aromatic N) is 2. The van der Waals surface area contributed by atoms with Crippen LogP contribution in [0.5, 0.6) is 0 Å². The number of hydrogen-bond donors (Lipinski definition) is 2. The number of fused-ring (bicyclic) bond motifs is 1. The lowest BCUT2D eigenvalue weighted by molar-refractivity contribution is -0.384. The molecule has 0 fully saturated rings. The van der Waals surface area contributed by atoms with E-state index in [1.54, 1.807) is 13.0 Å². The van der Waals surface area contributed by atoms with Crippen LogP contribution in [0.25, 0.3) is 11.0 Å². The maximum atomic E-state index is 10.5. The maximum absolute atomic E-state index is 10.5. The third-order valence-electron chi connectivity index (χ3n) is 2.09. The van der Waals surface area contributed by atoms with Gasteiger partial charge in [0.2, 0.25) is 0 Å². The van der Waals surface area contributed by atoms with E-state index in [0.29, 0.717) is 16.9 Å². The molecule has 1 atom stereocenters. The highest BCUT2D eigenvalue weighted by atomic mass is 16.6. The Morgan fingerprint density at radius 1 is 1.60 bits per heavy atom. The van der Waals surface area contributed by atoms with Gasteiger partial charge in [0.15, 0.2) is 0 Å². The average molecular weight is 207 g/mol. The first-order chi connectivity index (χ1) is 7.08. The number of imidazole rings is 1. The van der Waals surface area contributed by atoms with Gasteiger partial charge in [0.1, 0.15) is 11.9 Å². The number of rotatable bonds is 2. The van der Waals surface area contributed by atoms with Crippen LogP contribution in [-0.2, 0) is 0 Å². The third-order valence-corrected chi connectivity index (χ3v) is 2.09. The normalized spacial score (nSPS) is 12.9. The summed E-state index contributed by atoms with van der Waals surface area (Å²) in [5.41, 5.74) is 1.17. The summed E-state index contributed by atoms with van der Waals surface area (Å²) in [6.07, 6.45) is -0.712. The number of aliphatic hydroxyl groups excluding tert-OH is 1. The van der Waals surface area contributed by atoms with Gasteiger partial charge in [-0.05, 0) is 13.0 Å². The molecule has 0 spiro atoms. The van der Waals surface area contributed by atoms with Crippen LogP contribution in [0.1, 0.15) is 18.9 Å². The molecule has 0 bridgehead atoms. The molecule has 0 radical (unpaired) electrons. The molecule has 0 aliphatic rings. The minimum atomic E-state index is -0.712. The van der Waals surface area contributed by atoms with Crippen molar-refractivity contribution in [1.29, 1.82) is 0 Å². The number of aromatic nitrogens is 2. The molecule has 1 aromatic heterocycles. The van der Waals surface area contributed by atoms with E-state index in [4.69, 9.17) is 0 Å². The monoisotopic (exact) mass is 207 g/mol. The van der Waals surface area contributed by atoms with Gasteiger partial charge in [0.25, 0.3) is 5.69 Å². The van der Waals surface area contributed by atoms with Gasteiger partial charge in [-0.25, -0.2) is 4.98 Å². The van der Waals surface area contributed by atoms with Crippen molar-refractivity contribution >= 4 is 16.7 Å². The van der Waals surface area contributed by atoms with E-state index in [1.165, 1.54) is 12.1 Å². The Morgan fingerprint density at radius 3 is 2.93 bits per heavy atom. The Bertz CT molecular complexity index is 518. The number of nitrogens with one attached hydrogen (secondary N) is 1. The minimum absolute atomic E-state index is 0.00305. The second-order valence-electron chi connectivity index (χ2n) is 3.26. The number of nitro groups is 1. The summed E-state index contributed by atoms with van der Waals surface area (Å²) in [6.45, 7) is 1.58. The maximum Gasteiger partial charge on any atom is 0.271 e. The van der Waals surface area contributed by atoms with Crippen LogP contribution in [0.4, 0.5) is 5.69 Å². The Morgan fingerprint density at radius 2 is 2.33 bits per heavy atom. The fourth-order valence-electron chi connectivity index (χ4n) is 1.33. The van der Waals surface area contributed by atoms with Gasteiger partial charge in [-0.15, -0.1) is 0 Å². The minimum Gasteiger partial charge on any atom is -0.385 e. The van der Waals surface area contributed by atoms with Crippen molar-refractivity contribution in [2.24, 2.45) is 0 Å². The Kier molecular flexibility index (Phi) is 2.12. The molecule has 2 N–H and O–H groups in total. The lowest BCUT2D eigenvalue weighted by Gasteiger charge is -1.95. The fraction of sp³-hybridized carbons (Fsp3) is 0.222. The van der Waals surface area contributed by atoms with Crippen LogP contribution in [0.2, 0.25) is 0 Å². The second kappa shape index (κ2) is 3.32. The van der Waals surface area contributed by atoms with Crippen LogP contribution in [0.3, 0.4) is 0 Å². The summed E-state index contributed by atoms with van der Waals surface area (Å²) in [5.74, 6) is 0.408. The van der Waals surface area contributed by atoms with Gasteiger partial charge in [0, 0.05) is 12.1 Å². The van der Waals surface area contributed by atoms with E-state index >= 15 is 0 Å². The van der Waals surface area contributed by atoms with E-state index in [1.807, 2.05) is 0 Å². The molecule has 0 saturated heterocycles. The molecule has 0 unspecified atom stereocenters. The van der Waals surface area contributed by atoms with Crippen molar-refractivity contribution in [3.8, 4) is 0 Å². The molecule has 0 aliphatic heterocycles. The summed E-state index contributed by atoms with van der Waals surface area (Å²) < 4.78 is 0. The molecule has 1 aromatic carbocycles. The zero-order chi connectivity index (χ0) is 11.0. The van der Waals surface area contributed by atoms with Crippen molar-refractivity contribution in [2.75, 3.05) is 0 Å². The summed E-state index contributed by atoms with van der Waals surface area (Å²) in [4.78, 5) is 16.9. The van der Waals surface area contributed by atoms with Crippen LogP contribution in [0.15, 0.2) is 18.2 Å². The quantitative estimate of drug-likeness (QED) is 0.576. The predicted molar refractivity (Wildman–Crippen MR) is 53.4 cm³/mol. The van der Waals surface area contributed by atoms with Crippen molar-refractivity contribution in [3.05, 3.63) is 34.1 Å². The predicted octanol–water partition coefficient (Wildman–Crippen LogP) is 1.52. The first-order valence-electron chi connectivity index (χ1n) is 4.40. The van der Waals surface area contributed by atoms with Crippen molar-refractivity contribution in [3.63, 3.8) is 0 Å². The number of H-pyrrole nitrogens is 1. The van der Waals surface area contributed by atoms with E-state index in [2.05, 4.69) is 9.97 Å². The number of aliphatic hydroxyl groups is 1. The molecule has 15 heavy (non-hydrogen) atoms. The largest absolute Gasteiger partial charge is 0.385 e. The van der Waals surface area contributed by atoms with Crippen molar-refractivity contribution in [2.45, 2.75) is 13.0 Å². The SMILES string of the molecule is C[C@H](O)c1nc2ccc([N+](=O)[O-])cc2[nH]1. The van der Waals surface area contributed by atoms with Gasteiger partial charge >= 0.3 is 0 Å². The van der Waals surface area contributed by atoms with Crippen LogP contribution in [-0.4, -0.2) is 20.0 Å². The standard InChI is InChI=1S/C9H9N3O3/c1-5(13)9-10-7-3-2-6(12(14)15)4-8(7)11-9/h2-5,13H,1H3,(H,10,11)/t5-/m0/s1. The van der Waals surface area contributed by atoms with Gasteiger partial charge in [-0.1, -0.05) is 0 Å². The zero-order valence-corrected chi connectivity index (χ0v) is 7.97. The van der Waals surface area contributed by atoms with Gasteiger partial charge in [-0.2, -0.15) is 0 Å². The van der Waals surface area contributed by atoms with Crippen molar-refractivity contribution < 1.29 is 10.0 Å². The molecule has 2 aromatic rings. The van der Waals surface area contributed by atoms with Crippen molar-refractivity contribution in [1.82, 2.24) is 9.97 Å². The molecule has 0 amide bonds. The fourth-order valence-corrected chi connectivity index (χ4v) is 1.33. The first kappa shape index (κ1) is 9.60. The van der Waals surface area contributed by atoms with Crippen LogP contribution >= 0.6 is 0 Å². The van der Waals surface area contributed by atoms with Crippen LogP contribution < -0.4 is 0 Å². The highest BCUT2D eigenvalue weighted by Gasteiger charge is 2.11. The smallest absolute Gasteiger partial charge is 0.271 e. The molecule has 6 heteroatoms. The van der Waals surface area contributed by atoms with Crippen LogP contribution in [0, 0.1) is 10.1 Å². The highest BCUT2D eigenvalue weighted by Crippen LogP contribution is 2.20. The number of aromatic amines is 1. The van der Waals surface area contributed by atoms with E-state index in [0.717, 1.165) is 0 Å². The molecule has 78 valence electrons. The van der Waals surface area contributed by atoms with E-state index in [9.17, 15) is 15.2 Å². The number of benzene rings is 1. The van der Waals surface area contributed by atoms with Gasteiger partial charge in [-0.3, -0.25) is 10.1 Å². The molecule has 1 heterocycles. The molecular weight excluding hydrogens is 198 g/mol. The first-order valence-corrected chi connectivity index (χ1v) is 4.40. The molecule has 2 rings (SSSR count). The highest BCUT2D eigenvalue weighted by molar-refractivity contribution is 5.77. The number of non-ortho nitro benzene ring substituents is 1. The van der Waals surface area contributed by atoms with E-state index in [-0.39, 0.29) is 5.69 Å². The molecular formula is C9H9N3O3. The Balaban J connectivity index is 2.57. The second-order valence-corrected chi connectivity index (χ2v) is 3.26. The summed E-state index contributed by atoms with van der Waals surface area (Å²) in [7, 11) is 0. The third kappa shape index (κ3) is 1.66. The topological polar surface area (TPSA) is 92.1 Å². The summed E-state index contributed by atoms with van der Waals surface area (Å²) in [5, 5.41) is 19.8. The number of hydrogen-bond acceptors (Lipinski definition) is 4. The average Bonchev–Trinajstić information content (AvgIpc) is 2.59. The lowest BCUT2D eigenvalue weighted by atomic mass is 10.3.